The summed E-state index contributed by atoms with van der Waals surface area (Å²) in [5.41, 5.74) is 0. The Bertz CT molecular complexity index is 469. The molecule has 0 amide bonds. The molecule has 0 bridgehead atoms. The molecule has 0 aliphatic carbocycles. The molecule has 6 heteroatoms. The maximum atomic E-state index is 12.3. The van der Waals surface area contributed by atoms with Gasteiger partial charge in [-0.2, -0.15) is 4.31 Å². The molecule has 2 rings (SSSR count). The van der Waals surface area contributed by atoms with E-state index in [4.69, 9.17) is 0 Å². The van der Waals surface area contributed by atoms with E-state index in [1.54, 1.807) is 25.4 Å². The van der Waals surface area contributed by atoms with Crippen molar-refractivity contribution in [2.75, 3.05) is 20.1 Å². The highest BCUT2D eigenvalue weighted by Crippen LogP contribution is 2.15. The number of hydrogen-bond acceptors (Lipinski definition) is 4. The summed E-state index contributed by atoms with van der Waals surface area (Å²) >= 11 is 0. The molecule has 5 nitrogen and oxygen atoms in total. The Hall–Kier alpha value is -0.980. The number of piperidine rings is 1. The van der Waals surface area contributed by atoms with E-state index in [1.165, 1.54) is 23.3 Å². The Morgan fingerprint density at radius 2 is 2.33 bits per heavy atom. The molecule has 1 unspecified atom stereocenters. The van der Waals surface area contributed by atoms with Gasteiger partial charge in [-0.1, -0.05) is 6.42 Å². The predicted molar refractivity (Wildman–Crippen MR) is 69.7 cm³/mol. The Labute approximate surface area is 108 Å². The van der Waals surface area contributed by atoms with E-state index < -0.39 is 10.0 Å². The summed E-state index contributed by atoms with van der Waals surface area (Å²) in [6, 6.07) is 3.47. The molecule has 18 heavy (non-hydrogen) atoms. The molecule has 1 N–H and O–H groups in total. The fourth-order valence-electron chi connectivity index (χ4n) is 2.17. The Kier molecular flexibility index (Phi) is 4.31. The van der Waals surface area contributed by atoms with Crippen LogP contribution >= 0.6 is 0 Å². The number of hydrogen-bond donors (Lipinski definition) is 1. The Morgan fingerprint density at radius 1 is 1.50 bits per heavy atom. The summed E-state index contributed by atoms with van der Waals surface area (Å²) in [5, 5.41) is 3.35. The van der Waals surface area contributed by atoms with E-state index in [0.717, 1.165) is 13.0 Å². The monoisotopic (exact) mass is 269 g/mol. The summed E-state index contributed by atoms with van der Waals surface area (Å²) in [5.74, 6) is 0. The standard InChI is InChI=1S/C12H19N3O2S/c1-15(10-11-5-2-3-8-14-11)18(16,17)12-6-4-7-13-9-12/h4,6-7,9,11,14H,2-3,5,8,10H2,1H3. The van der Waals surface area contributed by atoms with Gasteiger partial charge in [0.05, 0.1) is 0 Å². The van der Waals surface area contributed by atoms with Crippen LogP contribution in [0.4, 0.5) is 0 Å². The van der Waals surface area contributed by atoms with Gasteiger partial charge in [-0.25, -0.2) is 8.42 Å². The Morgan fingerprint density at radius 3 is 2.94 bits per heavy atom. The second-order valence-electron chi connectivity index (χ2n) is 4.62. The average molecular weight is 269 g/mol. The lowest BCUT2D eigenvalue weighted by molar-refractivity contribution is 0.337. The van der Waals surface area contributed by atoms with Crippen LogP contribution in [0.2, 0.25) is 0 Å². The van der Waals surface area contributed by atoms with E-state index >= 15 is 0 Å². The van der Waals surface area contributed by atoms with Gasteiger partial charge in [-0.05, 0) is 31.5 Å². The van der Waals surface area contributed by atoms with Crippen molar-refractivity contribution in [1.82, 2.24) is 14.6 Å². The zero-order valence-corrected chi connectivity index (χ0v) is 11.4. The van der Waals surface area contributed by atoms with Gasteiger partial charge in [0.1, 0.15) is 4.90 Å². The van der Waals surface area contributed by atoms with Crippen molar-refractivity contribution < 1.29 is 8.42 Å². The van der Waals surface area contributed by atoms with Crippen LogP contribution in [0.25, 0.3) is 0 Å². The minimum absolute atomic E-state index is 0.253. The molecule has 2 heterocycles. The highest BCUT2D eigenvalue weighted by molar-refractivity contribution is 7.89. The number of pyridine rings is 1. The Balaban J connectivity index is 2.05. The molecule has 1 fully saturated rings. The van der Waals surface area contributed by atoms with Gasteiger partial charge in [0.15, 0.2) is 0 Å². The number of sulfonamides is 1. The van der Waals surface area contributed by atoms with E-state index in [9.17, 15) is 8.42 Å². The van der Waals surface area contributed by atoms with Crippen molar-refractivity contribution >= 4 is 10.0 Å². The molecule has 0 saturated carbocycles. The first kappa shape index (κ1) is 13.5. The molecular weight excluding hydrogens is 250 g/mol. The van der Waals surface area contributed by atoms with Gasteiger partial charge in [-0.3, -0.25) is 4.98 Å². The summed E-state index contributed by atoms with van der Waals surface area (Å²) in [6.45, 7) is 1.49. The van der Waals surface area contributed by atoms with Gasteiger partial charge < -0.3 is 5.32 Å². The maximum Gasteiger partial charge on any atom is 0.244 e. The van der Waals surface area contributed by atoms with Crippen molar-refractivity contribution in [1.29, 1.82) is 0 Å². The van der Waals surface area contributed by atoms with Crippen molar-refractivity contribution in [2.24, 2.45) is 0 Å². The zero-order valence-electron chi connectivity index (χ0n) is 10.5. The van der Waals surface area contributed by atoms with Crippen LogP contribution in [-0.2, 0) is 10.0 Å². The molecule has 1 atom stereocenters. The topological polar surface area (TPSA) is 62.3 Å². The van der Waals surface area contributed by atoms with E-state index in [-0.39, 0.29) is 10.9 Å². The van der Waals surface area contributed by atoms with Crippen LogP contribution in [-0.4, -0.2) is 43.9 Å². The van der Waals surface area contributed by atoms with Gasteiger partial charge >= 0.3 is 0 Å². The largest absolute Gasteiger partial charge is 0.313 e. The van der Waals surface area contributed by atoms with Crippen LogP contribution in [0.5, 0.6) is 0 Å². The predicted octanol–water partition coefficient (Wildman–Crippen LogP) is 0.844. The third-order valence-electron chi connectivity index (χ3n) is 3.23. The molecule has 1 saturated heterocycles. The smallest absolute Gasteiger partial charge is 0.244 e. The molecular formula is C12H19N3O2S. The maximum absolute atomic E-state index is 12.3. The fraction of sp³-hybridized carbons (Fsp3) is 0.583. The summed E-state index contributed by atoms with van der Waals surface area (Å²) < 4.78 is 25.9. The van der Waals surface area contributed by atoms with Crippen LogP contribution in [0, 0.1) is 0 Å². The summed E-state index contributed by atoms with van der Waals surface area (Å²) in [4.78, 5) is 4.11. The molecule has 1 aliphatic rings. The number of likely N-dealkylation sites (N-methyl/N-ethyl adjacent to an activating group) is 1. The minimum Gasteiger partial charge on any atom is -0.313 e. The lowest BCUT2D eigenvalue weighted by Crippen LogP contribution is -2.44. The van der Waals surface area contributed by atoms with Crippen LogP contribution in [0.3, 0.4) is 0 Å². The lowest BCUT2D eigenvalue weighted by atomic mass is 10.1. The fourth-order valence-corrected chi connectivity index (χ4v) is 3.35. The van der Waals surface area contributed by atoms with Crippen molar-refractivity contribution in [3.8, 4) is 0 Å². The van der Waals surface area contributed by atoms with E-state index in [2.05, 4.69) is 10.3 Å². The van der Waals surface area contributed by atoms with Gasteiger partial charge in [0.25, 0.3) is 0 Å². The minimum atomic E-state index is -3.41. The van der Waals surface area contributed by atoms with E-state index in [0.29, 0.717) is 6.54 Å². The van der Waals surface area contributed by atoms with Crippen LogP contribution in [0.15, 0.2) is 29.4 Å². The molecule has 100 valence electrons. The summed E-state index contributed by atoms with van der Waals surface area (Å²) in [6.07, 6.45) is 6.34. The van der Waals surface area contributed by atoms with Crippen molar-refractivity contribution in [3.63, 3.8) is 0 Å². The van der Waals surface area contributed by atoms with Crippen molar-refractivity contribution in [2.45, 2.75) is 30.2 Å². The first-order chi connectivity index (χ1) is 8.60. The molecule has 1 aromatic rings. The normalized spacial score (nSPS) is 21.1. The average Bonchev–Trinajstić information content (AvgIpc) is 2.41. The van der Waals surface area contributed by atoms with Gasteiger partial charge in [0, 0.05) is 32.0 Å². The molecule has 0 aromatic carbocycles. The van der Waals surface area contributed by atoms with E-state index in [1.807, 2.05) is 0 Å². The molecule has 0 spiro atoms. The molecule has 0 radical (unpaired) electrons. The zero-order chi connectivity index (χ0) is 13.0. The second-order valence-corrected chi connectivity index (χ2v) is 6.67. The molecule has 1 aromatic heterocycles. The number of nitrogens with one attached hydrogen (secondary N) is 1. The van der Waals surface area contributed by atoms with Crippen molar-refractivity contribution in [3.05, 3.63) is 24.5 Å². The van der Waals surface area contributed by atoms with Crippen LogP contribution in [0.1, 0.15) is 19.3 Å². The first-order valence-electron chi connectivity index (χ1n) is 6.20. The third-order valence-corrected chi connectivity index (χ3v) is 5.04. The highest BCUT2D eigenvalue weighted by atomic mass is 32.2. The second kappa shape index (κ2) is 5.77. The number of aromatic nitrogens is 1. The van der Waals surface area contributed by atoms with Crippen LogP contribution < -0.4 is 5.32 Å². The quantitative estimate of drug-likeness (QED) is 0.880. The third kappa shape index (κ3) is 3.07. The van der Waals surface area contributed by atoms with Gasteiger partial charge in [-0.15, -0.1) is 0 Å². The number of rotatable bonds is 4. The lowest BCUT2D eigenvalue weighted by Gasteiger charge is -2.27. The summed E-state index contributed by atoms with van der Waals surface area (Å²) in [7, 11) is -1.78. The highest BCUT2D eigenvalue weighted by Gasteiger charge is 2.24. The number of nitrogens with zero attached hydrogens (tertiary/aromatic N) is 2. The first-order valence-corrected chi connectivity index (χ1v) is 7.64. The SMILES string of the molecule is CN(CC1CCCCN1)S(=O)(=O)c1cccnc1. The van der Waals surface area contributed by atoms with Gasteiger partial charge in [0.2, 0.25) is 10.0 Å². The molecule has 1 aliphatic heterocycles.